The molecule has 2 aromatic carbocycles. The lowest BCUT2D eigenvalue weighted by molar-refractivity contribution is 0.584. The smallest absolute Gasteiger partial charge is 0.193 e. The molecule has 0 aromatic heterocycles. The topological polar surface area (TPSA) is 84.5 Å². The third-order valence-electron chi connectivity index (χ3n) is 4.68. The molecular formula is C20H26IN3O2S. The monoisotopic (exact) mass is 499 g/mol. The Hall–Kier alpha value is -1.61. The Morgan fingerprint density at radius 3 is 2.56 bits per heavy atom. The minimum absolute atomic E-state index is 0. The Labute approximate surface area is 178 Å². The molecule has 3 N–H and O–H groups in total. The van der Waals surface area contributed by atoms with Gasteiger partial charge in [0.15, 0.2) is 15.8 Å². The maximum absolute atomic E-state index is 12.5. The van der Waals surface area contributed by atoms with Crippen molar-refractivity contribution in [2.24, 2.45) is 10.7 Å². The number of hydrogen-bond donors (Lipinski definition) is 2. The second kappa shape index (κ2) is 9.54. The van der Waals surface area contributed by atoms with E-state index in [-0.39, 0.29) is 41.7 Å². The standard InChI is InChI=1S/C20H25N3O2S.HI/c1-2-17(14-26(24,25)19-9-4-3-5-10-19)22-20(21)23-18-12-11-15-7-6-8-16(15)13-18;/h3-5,9-13,17H,2,6-8,14H2,1H3,(H3,21,22,23);1H. The van der Waals surface area contributed by atoms with Crippen molar-refractivity contribution in [2.75, 3.05) is 11.1 Å². The van der Waals surface area contributed by atoms with E-state index in [9.17, 15) is 8.42 Å². The number of nitrogens with one attached hydrogen (secondary N) is 1. The van der Waals surface area contributed by atoms with Crippen LogP contribution in [0.25, 0.3) is 0 Å². The van der Waals surface area contributed by atoms with Gasteiger partial charge < -0.3 is 11.1 Å². The van der Waals surface area contributed by atoms with E-state index in [1.165, 1.54) is 17.5 Å². The summed E-state index contributed by atoms with van der Waals surface area (Å²) in [5, 5.41) is 3.09. The number of sulfone groups is 1. The second-order valence-electron chi connectivity index (χ2n) is 6.63. The third kappa shape index (κ3) is 5.68. The van der Waals surface area contributed by atoms with Gasteiger partial charge >= 0.3 is 0 Å². The quantitative estimate of drug-likeness (QED) is 0.360. The van der Waals surface area contributed by atoms with E-state index >= 15 is 0 Å². The summed E-state index contributed by atoms with van der Waals surface area (Å²) in [4.78, 5) is 4.72. The lowest BCUT2D eigenvalue weighted by atomic mass is 10.1. The molecule has 0 fully saturated rings. The van der Waals surface area contributed by atoms with E-state index < -0.39 is 9.84 Å². The van der Waals surface area contributed by atoms with Gasteiger partial charge in [-0.2, -0.15) is 0 Å². The summed E-state index contributed by atoms with van der Waals surface area (Å²) in [6, 6.07) is 14.3. The zero-order valence-corrected chi connectivity index (χ0v) is 18.5. The molecule has 2 aromatic rings. The molecule has 1 atom stereocenters. The Balaban J connectivity index is 0.00000261. The minimum atomic E-state index is -3.39. The molecular weight excluding hydrogens is 473 g/mol. The molecule has 1 aliphatic rings. The van der Waals surface area contributed by atoms with Crippen molar-refractivity contribution in [1.29, 1.82) is 0 Å². The fourth-order valence-corrected chi connectivity index (χ4v) is 4.83. The molecule has 1 unspecified atom stereocenters. The van der Waals surface area contributed by atoms with Gasteiger partial charge in [0.05, 0.1) is 16.7 Å². The maximum atomic E-state index is 12.5. The number of benzene rings is 2. The predicted octanol–water partition coefficient (Wildman–Crippen LogP) is 3.77. The second-order valence-corrected chi connectivity index (χ2v) is 8.67. The summed E-state index contributed by atoms with van der Waals surface area (Å²) in [5.41, 5.74) is 9.67. The van der Waals surface area contributed by atoms with Crippen molar-refractivity contribution in [3.05, 3.63) is 59.7 Å². The van der Waals surface area contributed by atoms with Crippen LogP contribution in [-0.4, -0.2) is 26.2 Å². The van der Waals surface area contributed by atoms with Crippen molar-refractivity contribution in [3.63, 3.8) is 0 Å². The summed E-state index contributed by atoms with van der Waals surface area (Å²) in [7, 11) is -3.39. The molecule has 0 bridgehead atoms. The fraction of sp³-hybridized carbons (Fsp3) is 0.350. The molecule has 0 aliphatic heterocycles. The van der Waals surface area contributed by atoms with E-state index in [4.69, 9.17) is 5.73 Å². The molecule has 0 amide bonds. The van der Waals surface area contributed by atoms with Gasteiger partial charge in [0.25, 0.3) is 0 Å². The van der Waals surface area contributed by atoms with Gasteiger partial charge in [0.1, 0.15) is 0 Å². The molecule has 5 nitrogen and oxygen atoms in total. The van der Waals surface area contributed by atoms with Crippen LogP contribution >= 0.6 is 24.0 Å². The lowest BCUT2D eigenvalue weighted by Crippen LogP contribution is -2.28. The first-order valence-corrected chi connectivity index (χ1v) is 10.6. The van der Waals surface area contributed by atoms with Gasteiger partial charge in [-0.1, -0.05) is 31.2 Å². The van der Waals surface area contributed by atoms with Gasteiger partial charge in [-0.05, 0) is 61.1 Å². The molecule has 3 rings (SSSR count). The average Bonchev–Trinajstić information content (AvgIpc) is 3.09. The zero-order valence-electron chi connectivity index (χ0n) is 15.4. The normalized spacial score (nSPS) is 14.9. The highest BCUT2D eigenvalue weighted by atomic mass is 127. The van der Waals surface area contributed by atoms with Crippen LogP contribution < -0.4 is 11.1 Å². The SMILES string of the molecule is CCC(CS(=O)(=O)c1ccccc1)N=C(N)Nc1ccc2c(c1)CCC2.I. The number of fused-ring (bicyclic) bond motifs is 1. The summed E-state index contributed by atoms with van der Waals surface area (Å²) in [6.07, 6.45) is 4.01. The number of hydrogen-bond acceptors (Lipinski definition) is 3. The Kier molecular flexibility index (Phi) is 7.67. The van der Waals surface area contributed by atoms with Crippen molar-refractivity contribution < 1.29 is 8.42 Å². The largest absolute Gasteiger partial charge is 0.370 e. The third-order valence-corrected chi connectivity index (χ3v) is 6.49. The first-order valence-electron chi connectivity index (χ1n) is 8.98. The molecule has 146 valence electrons. The number of halogens is 1. The number of guanidine groups is 1. The van der Waals surface area contributed by atoms with E-state index in [0.717, 1.165) is 18.5 Å². The molecule has 0 saturated heterocycles. The average molecular weight is 499 g/mol. The fourth-order valence-electron chi connectivity index (χ4n) is 3.25. The highest BCUT2D eigenvalue weighted by Crippen LogP contribution is 2.24. The minimum Gasteiger partial charge on any atom is -0.370 e. The van der Waals surface area contributed by atoms with Gasteiger partial charge in [0.2, 0.25) is 0 Å². The van der Waals surface area contributed by atoms with Crippen LogP contribution in [0.5, 0.6) is 0 Å². The molecule has 0 radical (unpaired) electrons. The summed E-state index contributed by atoms with van der Waals surface area (Å²) < 4.78 is 25.1. The van der Waals surface area contributed by atoms with Crippen LogP contribution in [0.4, 0.5) is 5.69 Å². The van der Waals surface area contributed by atoms with Crippen LogP contribution in [0.3, 0.4) is 0 Å². The van der Waals surface area contributed by atoms with E-state index in [1.54, 1.807) is 30.3 Å². The van der Waals surface area contributed by atoms with Crippen LogP contribution in [-0.2, 0) is 22.7 Å². The van der Waals surface area contributed by atoms with Crippen molar-refractivity contribution in [2.45, 2.75) is 43.5 Å². The van der Waals surface area contributed by atoms with E-state index in [1.807, 2.05) is 13.0 Å². The number of anilines is 1. The number of aliphatic imine (C=N–C) groups is 1. The van der Waals surface area contributed by atoms with Crippen molar-refractivity contribution in [1.82, 2.24) is 0 Å². The molecule has 1 aliphatic carbocycles. The van der Waals surface area contributed by atoms with Gasteiger partial charge in [-0.25, -0.2) is 13.4 Å². The number of aryl methyl sites for hydroxylation is 2. The maximum Gasteiger partial charge on any atom is 0.193 e. The molecule has 0 saturated carbocycles. The first kappa shape index (κ1) is 21.7. The van der Waals surface area contributed by atoms with Gasteiger partial charge in [-0.3, -0.25) is 0 Å². The zero-order chi connectivity index (χ0) is 18.6. The lowest BCUT2D eigenvalue weighted by Gasteiger charge is -2.14. The summed E-state index contributed by atoms with van der Waals surface area (Å²) >= 11 is 0. The summed E-state index contributed by atoms with van der Waals surface area (Å²) in [6.45, 7) is 1.91. The highest BCUT2D eigenvalue weighted by molar-refractivity contribution is 14.0. The van der Waals surface area contributed by atoms with E-state index in [2.05, 4.69) is 22.4 Å². The van der Waals surface area contributed by atoms with Crippen molar-refractivity contribution >= 4 is 45.5 Å². The number of nitrogens with two attached hydrogens (primary N) is 1. The highest BCUT2D eigenvalue weighted by Gasteiger charge is 2.20. The van der Waals surface area contributed by atoms with Crippen LogP contribution in [0.1, 0.15) is 30.9 Å². The molecule has 0 heterocycles. The summed E-state index contributed by atoms with van der Waals surface area (Å²) in [5.74, 6) is 0.193. The number of nitrogens with zero attached hydrogens (tertiary/aromatic N) is 1. The first-order chi connectivity index (χ1) is 12.5. The van der Waals surface area contributed by atoms with E-state index in [0.29, 0.717) is 11.3 Å². The van der Waals surface area contributed by atoms with Crippen LogP contribution in [0.2, 0.25) is 0 Å². The van der Waals surface area contributed by atoms with Gasteiger partial charge in [0, 0.05) is 5.69 Å². The number of rotatable bonds is 6. The van der Waals surface area contributed by atoms with Gasteiger partial charge in [-0.15, -0.1) is 24.0 Å². The Morgan fingerprint density at radius 1 is 1.15 bits per heavy atom. The predicted molar refractivity (Wildman–Crippen MR) is 122 cm³/mol. The molecule has 0 spiro atoms. The molecule has 7 heteroatoms. The van der Waals surface area contributed by atoms with Crippen LogP contribution in [0.15, 0.2) is 58.4 Å². The molecule has 27 heavy (non-hydrogen) atoms. The van der Waals surface area contributed by atoms with Crippen molar-refractivity contribution in [3.8, 4) is 0 Å². The van der Waals surface area contributed by atoms with Crippen LogP contribution in [0, 0.1) is 0 Å². The Bertz CT molecular complexity index is 899. The Morgan fingerprint density at radius 2 is 1.85 bits per heavy atom.